The maximum Gasteiger partial charge on any atom is 0.234 e. The maximum atomic E-state index is 11.9. The van der Waals surface area contributed by atoms with Crippen molar-refractivity contribution in [2.24, 2.45) is 5.73 Å². The highest BCUT2D eigenvalue weighted by Gasteiger charge is 2.38. The fourth-order valence-corrected chi connectivity index (χ4v) is 2.37. The third-order valence-electron chi connectivity index (χ3n) is 3.80. The first kappa shape index (κ1) is 14.8. The number of allylic oxidation sites excluding steroid dienone is 1. The van der Waals surface area contributed by atoms with Crippen molar-refractivity contribution in [2.75, 3.05) is 5.32 Å². The number of carbonyl (C=O) groups excluding carboxylic acids is 1. The number of benzene rings is 1. The van der Waals surface area contributed by atoms with Gasteiger partial charge in [-0.15, -0.1) is 0 Å². The zero-order valence-corrected chi connectivity index (χ0v) is 12.8. The number of hydrogen-bond acceptors (Lipinski definition) is 2. The second-order valence-corrected chi connectivity index (χ2v) is 6.81. The van der Waals surface area contributed by atoms with E-state index in [9.17, 15) is 4.79 Å². The Hall–Kier alpha value is -1.61. The first-order chi connectivity index (χ1) is 9.20. The molecule has 1 aromatic carbocycles. The summed E-state index contributed by atoms with van der Waals surface area (Å²) in [5.41, 5.74) is 8.52. The van der Waals surface area contributed by atoms with Crippen molar-refractivity contribution in [1.29, 1.82) is 0 Å². The lowest BCUT2D eigenvalue weighted by Crippen LogP contribution is -2.31. The van der Waals surface area contributed by atoms with Crippen molar-refractivity contribution in [3.8, 4) is 0 Å². The Morgan fingerprint density at radius 3 is 2.70 bits per heavy atom. The molecule has 0 unspecified atom stereocenters. The third-order valence-corrected chi connectivity index (χ3v) is 3.80. The monoisotopic (exact) mass is 272 g/mol. The van der Waals surface area contributed by atoms with E-state index in [0.717, 1.165) is 29.7 Å². The van der Waals surface area contributed by atoms with Crippen molar-refractivity contribution >= 4 is 17.7 Å². The standard InChI is InChI=1S/C17H24N2O/c1-16(2,18)10-6-5-7-12-8-9-14-13(11-12)17(3,4)15(20)19-14/h5,7-9,11H,6,10,18H2,1-4H3,(H,19,20)/b7-5+. The van der Waals surface area contributed by atoms with Gasteiger partial charge in [-0.3, -0.25) is 4.79 Å². The minimum atomic E-state index is -0.446. The molecule has 1 heterocycles. The number of amides is 1. The Labute approximate surface area is 121 Å². The smallest absolute Gasteiger partial charge is 0.234 e. The first-order valence-corrected chi connectivity index (χ1v) is 7.11. The molecule has 3 N–H and O–H groups in total. The molecule has 0 saturated carbocycles. The van der Waals surface area contributed by atoms with Gasteiger partial charge in [0.15, 0.2) is 0 Å². The summed E-state index contributed by atoms with van der Waals surface area (Å²) in [7, 11) is 0. The summed E-state index contributed by atoms with van der Waals surface area (Å²) in [6.45, 7) is 7.99. The molecule has 108 valence electrons. The third kappa shape index (κ3) is 3.10. The Bertz CT molecular complexity index is 551. The van der Waals surface area contributed by atoms with Crippen molar-refractivity contribution in [1.82, 2.24) is 0 Å². The lowest BCUT2D eigenvalue weighted by atomic mass is 9.85. The van der Waals surface area contributed by atoms with Crippen LogP contribution in [0.3, 0.4) is 0 Å². The van der Waals surface area contributed by atoms with Crippen LogP contribution in [0.4, 0.5) is 5.69 Å². The zero-order chi connectivity index (χ0) is 15.0. The van der Waals surface area contributed by atoms with Crippen molar-refractivity contribution in [2.45, 2.75) is 51.5 Å². The summed E-state index contributed by atoms with van der Waals surface area (Å²) in [6.07, 6.45) is 6.17. The highest BCUT2D eigenvalue weighted by atomic mass is 16.2. The molecule has 0 aliphatic carbocycles. The van der Waals surface area contributed by atoms with E-state index in [2.05, 4.69) is 23.5 Å². The number of carbonyl (C=O) groups is 1. The predicted octanol–water partition coefficient (Wildman–Crippen LogP) is 3.45. The molecule has 20 heavy (non-hydrogen) atoms. The van der Waals surface area contributed by atoms with E-state index < -0.39 is 5.41 Å². The van der Waals surface area contributed by atoms with Crippen LogP contribution in [-0.2, 0) is 10.2 Å². The number of nitrogens with two attached hydrogens (primary N) is 1. The molecule has 1 amide bonds. The average Bonchev–Trinajstić information content (AvgIpc) is 2.55. The minimum Gasteiger partial charge on any atom is -0.326 e. The van der Waals surface area contributed by atoms with Crippen molar-refractivity contribution < 1.29 is 4.79 Å². The SMILES string of the molecule is CC(C)(N)CC/C=C/c1ccc2c(c1)C(C)(C)C(=O)N2. The minimum absolute atomic E-state index is 0.0681. The van der Waals surface area contributed by atoms with Gasteiger partial charge in [0, 0.05) is 11.2 Å². The average molecular weight is 272 g/mol. The van der Waals surface area contributed by atoms with Gasteiger partial charge in [0.25, 0.3) is 0 Å². The van der Waals surface area contributed by atoms with E-state index in [0.29, 0.717) is 0 Å². The van der Waals surface area contributed by atoms with Gasteiger partial charge in [-0.25, -0.2) is 0 Å². The van der Waals surface area contributed by atoms with Gasteiger partial charge in [0.05, 0.1) is 5.41 Å². The molecule has 1 aromatic rings. The van der Waals surface area contributed by atoms with Crippen LogP contribution in [0.1, 0.15) is 51.7 Å². The summed E-state index contributed by atoms with van der Waals surface area (Å²) in [4.78, 5) is 11.9. The van der Waals surface area contributed by atoms with E-state index in [-0.39, 0.29) is 11.4 Å². The van der Waals surface area contributed by atoms with E-state index in [1.54, 1.807) is 0 Å². The van der Waals surface area contributed by atoms with Crippen LogP contribution in [-0.4, -0.2) is 11.4 Å². The van der Waals surface area contributed by atoms with E-state index in [4.69, 9.17) is 5.73 Å². The van der Waals surface area contributed by atoms with Crippen LogP contribution < -0.4 is 11.1 Å². The Morgan fingerprint density at radius 2 is 2.05 bits per heavy atom. The summed E-state index contributed by atoms with van der Waals surface area (Å²) in [5.74, 6) is 0.0681. The summed E-state index contributed by atoms with van der Waals surface area (Å²) in [6, 6.07) is 6.11. The number of hydrogen-bond donors (Lipinski definition) is 2. The lowest BCUT2D eigenvalue weighted by molar-refractivity contribution is -0.119. The van der Waals surface area contributed by atoms with Gasteiger partial charge in [-0.05, 0) is 63.8 Å². The number of nitrogens with one attached hydrogen (secondary N) is 1. The predicted molar refractivity (Wildman–Crippen MR) is 84.6 cm³/mol. The van der Waals surface area contributed by atoms with Crippen molar-refractivity contribution in [3.63, 3.8) is 0 Å². The quantitative estimate of drug-likeness (QED) is 0.882. The van der Waals surface area contributed by atoms with Crippen LogP contribution in [0.2, 0.25) is 0 Å². The number of anilines is 1. The summed E-state index contributed by atoms with van der Waals surface area (Å²) in [5, 5.41) is 2.92. The van der Waals surface area contributed by atoms with Crippen molar-refractivity contribution in [3.05, 3.63) is 35.4 Å². The van der Waals surface area contributed by atoms with Crippen LogP contribution in [0.5, 0.6) is 0 Å². The molecule has 1 aliphatic heterocycles. The highest BCUT2D eigenvalue weighted by molar-refractivity contribution is 6.05. The van der Waals surface area contributed by atoms with Gasteiger partial charge in [0.1, 0.15) is 0 Å². The highest BCUT2D eigenvalue weighted by Crippen LogP contribution is 2.37. The first-order valence-electron chi connectivity index (χ1n) is 7.11. The molecule has 0 aromatic heterocycles. The molecule has 0 spiro atoms. The summed E-state index contributed by atoms with van der Waals surface area (Å²) >= 11 is 0. The van der Waals surface area contributed by atoms with Gasteiger partial charge < -0.3 is 11.1 Å². The molecule has 0 atom stereocenters. The maximum absolute atomic E-state index is 11.9. The van der Waals surface area contributed by atoms with Gasteiger partial charge in [-0.2, -0.15) is 0 Å². The molecule has 0 saturated heterocycles. The zero-order valence-electron chi connectivity index (χ0n) is 12.8. The fourth-order valence-electron chi connectivity index (χ4n) is 2.37. The second kappa shape index (κ2) is 5.06. The van der Waals surface area contributed by atoms with Crippen LogP contribution in [0.15, 0.2) is 24.3 Å². The molecule has 3 nitrogen and oxygen atoms in total. The molecular formula is C17H24N2O. The van der Waals surface area contributed by atoms with Crippen LogP contribution in [0, 0.1) is 0 Å². The second-order valence-electron chi connectivity index (χ2n) is 6.81. The summed E-state index contributed by atoms with van der Waals surface area (Å²) < 4.78 is 0. The topological polar surface area (TPSA) is 55.1 Å². The van der Waals surface area contributed by atoms with E-state index in [1.807, 2.05) is 39.8 Å². The molecule has 0 fully saturated rings. The Balaban J connectivity index is 2.11. The largest absolute Gasteiger partial charge is 0.326 e. The normalized spacial score (nSPS) is 17.4. The van der Waals surface area contributed by atoms with Crippen LogP contribution in [0.25, 0.3) is 6.08 Å². The Morgan fingerprint density at radius 1 is 1.35 bits per heavy atom. The number of fused-ring (bicyclic) bond motifs is 1. The van der Waals surface area contributed by atoms with Crippen LogP contribution >= 0.6 is 0 Å². The lowest BCUT2D eigenvalue weighted by Gasteiger charge is -2.16. The van der Waals surface area contributed by atoms with E-state index >= 15 is 0 Å². The Kier molecular flexibility index (Phi) is 3.74. The molecular weight excluding hydrogens is 248 g/mol. The molecule has 0 radical (unpaired) electrons. The molecule has 0 bridgehead atoms. The van der Waals surface area contributed by atoms with Gasteiger partial charge in [0.2, 0.25) is 5.91 Å². The van der Waals surface area contributed by atoms with Gasteiger partial charge in [-0.1, -0.05) is 18.2 Å². The molecule has 2 rings (SSSR count). The fraction of sp³-hybridized carbons (Fsp3) is 0.471. The van der Waals surface area contributed by atoms with E-state index in [1.165, 1.54) is 0 Å². The number of rotatable bonds is 4. The van der Waals surface area contributed by atoms with Gasteiger partial charge >= 0.3 is 0 Å². The molecule has 3 heteroatoms. The molecule has 1 aliphatic rings.